The molecule has 4 saturated carbocycles. The van der Waals surface area contributed by atoms with Gasteiger partial charge in [0.05, 0.1) is 6.42 Å². The fourth-order valence-electron chi connectivity index (χ4n) is 4.91. The average Bonchev–Trinajstić information content (AvgIpc) is 1.91. The monoisotopic (exact) mass is 350 g/mol. The number of carboxylic acids is 1. The summed E-state index contributed by atoms with van der Waals surface area (Å²) in [6.45, 7) is 0. The Labute approximate surface area is 112 Å². The van der Waals surface area contributed by atoms with E-state index < -0.39 is 5.97 Å². The van der Waals surface area contributed by atoms with Crippen molar-refractivity contribution in [3.63, 3.8) is 0 Å². The van der Waals surface area contributed by atoms with Crippen LogP contribution in [0, 0.1) is 11.3 Å². The van der Waals surface area contributed by atoms with Crippen LogP contribution in [0.25, 0.3) is 0 Å². The molecule has 2 nitrogen and oxygen atoms in total. The fraction of sp³-hybridized carbons (Fsp3) is 0.917. The van der Waals surface area contributed by atoms with Crippen LogP contribution in [0.5, 0.6) is 0 Å². The second-order valence-corrected chi connectivity index (χ2v) is 9.75. The molecule has 4 fully saturated rings. The highest BCUT2D eigenvalue weighted by molar-refractivity contribution is 9.10. The number of carboxylic acid groups (broad SMARTS) is 1. The van der Waals surface area contributed by atoms with Crippen molar-refractivity contribution in [2.45, 2.75) is 53.6 Å². The van der Waals surface area contributed by atoms with Gasteiger partial charge >= 0.3 is 5.97 Å². The van der Waals surface area contributed by atoms with E-state index in [1.165, 1.54) is 12.8 Å². The number of alkyl halides is 2. The molecule has 16 heavy (non-hydrogen) atoms. The van der Waals surface area contributed by atoms with Crippen LogP contribution in [0.4, 0.5) is 0 Å². The van der Waals surface area contributed by atoms with Crippen molar-refractivity contribution in [2.24, 2.45) is 11.3 Å². The molecule has 0 aromatic carbocycles. The van der Waals surface area contributed by atoms with E-state index in [1.54, 1.807) is 0 Å². The van der Waals surface area contributed by atoms with E-state index >= 15 is 0 Å². The average molecular weight is 352 g/mol. The van der Waals surface area contributed by atoms with Crippen molar-refractivity contribution < 1.29 is 9.90 Å². The molecule has 1 N–H and O–H groups in total. The van der Waals surface area contributed by atoms with Gasteiger partial charge in [0.15, 0.2) is 0 Å². The van der Waals surface area contributed by atoms with Gasteiger partial charge in [0.25, 0.3) is 0 Å². The second-order valence-electron chi connectivity index (χ2n) is 6.38. The summed E-state index contributed by atoms with van der Waals surface area (Å²) in [5.74, 6) is 0.0866. The van der Waals surface area contributed by atoms with Gasteiger partial charge in [-0.25, -0.2) is 0 Å². The molecule has 4 aliphatic carbocycles. The summed E-state index contributed by atoms with van der Waals surface area (Å²) in [4.78, 5) is 11.1. The molecule has 90 valence electrons. The summed E-state index contributed by atoms with van der Waals surface area (Å²) in [5.41, 5.74) is 0.0538. The summed E-state index contributed by atoms with van der Waals surface area (Å²) in [6.07, 6.45) is 7.22. The lowest BCUT2D eigenvalue weighted by Gasteiger charge is -2.63. The smallest absolute Gasteiger partial charge is 0.303 e. The van der Waals surface area contributed by atoms with Crippen LogP contribution in [-0.4, -0.2) is 19.7 Å². The van der Waals surface area contributed by atoms with Crippen molar-refractivity contribution in [2.75, 3.05) is 0 Å². The molecule has 0 saturated heterocycles. The maximum absolute atomic E-state index is 11.1. The Morgan fingerprint density at radius 2 is 1.69 bits per heavy atom. The molecule has 4 aliphatic rings. The van der Waals surface area contributed by atoms with Gasteiger partial charge in [-0.1, -0.05) is 31.9 Å². The molecule has 0 heterocycles. The van der Waals surface area contributed by atoms with E-state index in [0.29, 0.717) is 12.3 Å². The lowest BCUT2D eigenvalue weighted by Crippen LogP contribution is -2.59. The first-order valence-electron chi connectivity index (χ1n) is 5.92. The fourth-order valence-corrected chi connectivity index (χ4v) is 8.47. The minimum atomic E-state index is -0.630. The number of rotatable bonds is 2. The predicted octanol–water partition coefficient (Wildman–Crippen LogP) is 3.71. The zero-order valence-electron chi connectivity index (χ0n) is 9.14. The zero-order chi connectivity index (χ0) is 11.6. The molecular weight excluding hydrogens is 336 g/mol. The number of carbonyl (C=O) groups is 1. The first-order valence-corrected chi connectivity index (χ1v) is 7.51. The van der Waals surface area contributed by atoms with Crippen LogP contribution in [0.15, 0.2) is 0 Å². The minimum Gasteiger partial charge on any atom is -0.481 e. The second kappa shape index (κ2) is 3.25. The molecule has 2 unspecified atom stereocenters. The van der Waals surface area contributed by atoms with Crippen molar-refractivity contribution in [3.05, 3.63) is 0 Å². The molecule has 4 bridgehead atoms. The van der Waals surface area contributed by atoms with Crippen LogP contribution in [0.3, 0.4) is 0 Å². The van der Waals surface area contributed by atoms with E-state index in [0.717, 1.165) is 25.7 Å². The van der Waals surface area contributed by atoms with Crippen molar-refractivity contribution in [1.82, 2.24) is 0 Å². The zero-order valence-corrected chi connectivity index (χ0v) is 12.3. The molecule has 0 radical (unpaired) electrons. The van der Waals surface area contributed by atoms with Crippen molar-refractivity contribution in [1.29, 1.82) is 0 Å². The van der Waals surface area contributed by atoms with Gasteiger partial charge in [-0.2, -0.15) is 0 Å². The summed E-state index contributed by atoms with van der Waals surface area (Å²) >= 11 is 7.79. The van der Waals surface area contributed by atoms with E-state index in [4.69, 9.17) is 5.11 Å². The van der Waals surface area contributed by atoms with Gasteiger partial charge in [-0.3, -0.25) is 4.79 Å². The molecule has 0 spiro atoms. The van der Waals surface area contributed by atoms with Crippen LogP contribution < -0.4 is 0 Å². The standard InChI is InChI=1S/C12H16Br2O2/c13-11-2-8-1-10(5-11,4-9(15)16)6-12(14,3-8)7-11/h8H,1-7H2,(H,15,16)/t8?,10?,11-,12+. The van der Waals surface area contributed by atoms with Gasteiger partial charge in [0.2, 0.25) is 0 Å². The SMILES string of the molecule is O=C(O)CC12CC3C[C@@](Br)(C1)C[C@](Br)(C3)C2. The Kier molecular flexibility index (Phi) is 2.34. The first kappa shape index (κ1) is 11.5. The molecule has 4 atom stereocenters. The maximum atomic E-state index is 11.1. The summed E-state index contributed by atoms with van der Waals surface area (Å²) in [6, 6.07) is 0. The Bertz CT molecular complexity index is 337. The van der Waals surface area contributed by atoms with E-state index in [-0.39, 0.29) is 14.1 Å². The molecule has 4 heteroatoms. The highest BCUT2D eigenvalue weighted by Gasteiger charge is 2.62. The van der Waals surface area contributed by atoms with Crippen LogP contribution in [-0.2, 0) is 4.79 Å². The third-order valence-corrected chi connectivity index (χ3v) is 6.34. The largest absolute Gasteiger partial charge is 0.481 e. The van der Waals surface area contributed by atoms with Crippen LogP contribution >= 0.6 is 31.9 Å². The van der Waals surface area contributed by atoms with Crippen molar-refractivity contribution in [3.8, 4) is 0 Å². The highest BCUT2D eigenvalue weighted by Crippen LogP contribution is 2.69. The molecule has 0 aliphatic heterocycles. The topological polar surface area (TPSA) is 37.3 Å². The molecule has 0 aromatic heterocycles. The minimum absolute atomic E-state index is 0.0538. The Morgan fingerprint density at radius 1 is 1.12 bits per heavy atom. The molecular formula is C12H16Br2O2. The predicted molar refractivity (Wildman–Crippen MR) is 69.2 cm³/mol. The lowest BCUT2D eigenvalue weighted by atomic mass is 9.48. The van der Waals surface area contributed by atoms with Gasteiger partial charge in [0, 0.05) is 8.65 Å². The van der Waals surface area contributed by atoms with Gasteiger partial charge in [-0.05, 0) is 49.9 Å². The number of aliphatic carboxylic acids is 1. The quantitative estimate of drug-likeness (QED) is 0.770. The summed E-state index contributed by atoms with van der Waals surface area (Å²) in [7, 11) is 0. The van der Waals surface area contributed by atoms with Gasteiger partial charge in [0.1, 0.15) is 0 Å². The Hall–Kier alpha value is 0.430. The van der Waals surface area contributed by atoms with Gasteiger partial charge in [-0.15, -0.1) is 0 Å². The third kappa shape index (κ3) is 1.76. The number of hydrogen-bond acceptors (Lipinski definition) is 1. The third-order valence-electron chi connectivity index (χ3n) is 4.57. The first-order chi connectivity index (χ1) is 7.32. The van der Waals surface area contributed by atoms with E-state index in [2.05, 4.69) is 31.9 Å². The Balaban J connectivity index is 1.95. The van der Waals surface area contributed by atoms with E-state index in [9.17, 15) is 4.79 Å². The normalized spacial score (nSPS) is 54.2. The molecule has 0 amide bonds. The van der Waals surface area contributed by atoms with E-state index in [1.807, 2.05) is 0 Å². The lowest BCUT2D eigenvalue weighted by molar-refractivity contribution is -0.143. The summed E-state index contributed by atoms with van der Waals surface area (Å²) in [5, 5.41) is 9.11. The number of hydrogen-bond donors (Lipinski definition) is 1. The Morgan fingerprint density at radius 3 is 2.12 bits per heavy atom. The highest BCUT2D eigenvalue weighted by atomic mass is 79.9. The van der Waals surface area contributed by atoms with Crippen LogP contribution in [0.2, 0.25) is 0 Å². The number of halogens is 2. The molecule has 0 aromatic rings. The summed E-state index contributed by atoms with van der Waals surface area (Å²) < 4.78 is 0.427. The van der Waals surface area contributed by atoms with Gasteiger partial charge < -0.3 is 5.11 Å². The van der Waals surface area contributed by atoms with Crippen LogP contribution in [0.1, 0.15) is 44.9 Å². The molecule has 4 rings (SSSR count). The maximum Gasteiger partial charge on any atom is 0.303 e. The van der Waals surface area contributed by atoms with Crippen molar-refractivity contribution >= 4 is 37.8 Å².